The molecule has 0 bridgehead atoms. The van der Waals surface area contributed by atoms with Crippen LogP contribution < -0.4 is 0 Å². The van der Waals surface area contributed by atoms with Crippen LogP contribution >= 0.6 is 11.8 Å². The van der Waals surface area contributed by atoms with E-state index in [0.717, 1.165) is 11.8 Å². The van der Waals surface area contributed by atoms with Gasteiger partial charge in [-0.1, -0.05) is 11.8 Å². The van der Waals surface area contributed by atoms with Crippen LogP contribution in [0.1, 0.15) is 46.0 Å². The van der Waals surface area contributed by atoms with Gasteiger partial charge in [0.15, 0.2) is 16.6 Å². The minimum Gasteiger partial charge on any atom is -0.355 e. The van der Waals surface area contributed by atoms with Crippen LogP contribution in [-0.2, 0) is 0 Å². The fraction of sp³-hybridized carbons (Fsp3) is 0.312. The van der Waals surface area contributed by atoms with Crippen molar-refractivity contribution in [2.75, 3.05) is 0 Å². The zero-order valence-corrected chi connectivity index (χ0v) is 14.6. The highest BCUT2D eigenvalue weighted by molar-refractivity contribution is 8.00. The van der Waals surface area contributed by atoms with Crippen molar-refractivity contribution in [1.29, 1.82) is 0 Å². The standard InChI is InChI=1S/C16H17N3O4S/c1-8-13(10(3)20)9(2)18-14(8)15(21)11(4)24-16-12(19(22)23)6-5-7-17-16/h5-7,11,18H,1-4H3/t11-/m0/s1. The van der Waals surface area contributed by atoms with Crippen LogP contribution in [0, 0.1) is 24.0 Å². The number of aromatic amines is 1. The molecule has 0 aromatic carbocycles. The predicted molar refractivity (Wildman–Crippen MR) is 90.8 cm³/mol. The lowest BCUT2D eigenvalue weighted by Gasteiger charge is -2.09. The lowest BCUT2D eigenvalue weighted by molar-refractivity contribution is -0.388. The second-order valence-electron chi connectivity index (χ2n) is 5.39. The highest BCUT2D eigenvalue weighted by Gasteiger charge is 2.26. The Hall–Kier alpha value is -2.48. The molecule has 2 rings (SSSR count). The first-order chi connectivity index (χ1) is 11.2. The number of aryl methyl sites for hydroxylation is 1. The molecule has 0 saturated carbocycles. The Morgan fingerprint density at radius 3 is 2.58 bits per heavy atom. The third kappa shape index (κ3) is 3.38. The summed E-state index contributed by atoms with van der Waals surface area (Å²) in [4.78, 5) is 41.8. The van der Waals surface area contributed by atoms with Gasteiger partial charge in [-0.15, -0.1) is 0 Å². The molecule has 0 aliphatic rings. The number of carbonyl (C=O) groups excluding carboxylic acids is 2. The fourth-order valence-electron chi connectivity index (χ4n) is 2.56. The average molecular weight is 347 g/mol. The van der Waals surface area contributed by atoms with Gasteiger partial charge in [0.25, 0.3) is 0 Å². The van der Waals surface area contributed by atoms with Crippen LogP contribution in [0.25, 0.3) is 0 Å². The lowest BCUT2D eigenvalue weighted by Crippen LogP contribution is -2.16. The highest BCUT2D eigenvalue weighted by Crippen LogP contribution is 2.32. The number of carbonyl (C=O) groups is 2. The maximum atomic E-state index is 12.7. The van der Waals surface area contributed by atoms with E-state index in [4.69, 9.17) is 0 Å². The number of thioether (sulfide) groups is 1. The number of ketones is 2. The highest BCUT2D eigenvalue weighted by atomic mass is 32.2. The van der Waals surface area contributed by atoms with Gasteiger partial charge in [0.05, 0.1) is 15.9 Å². The Morgan fingerprint density at radius 1 is 1.38 bits per heavy atom. The van der Waals surface area contributed by atoms with Gasteiger partial charge in [-0.3, -0.25) is 19.7 Å². The molecule has 1 atom stereocenters. The summed E-state index contributed by atoms with van der Waals surface area (Å²) in [5, 5.41) is 10.6. The van der Waals surface area contributed by atoms with Gasteiger partial charge in [-0.05, 0) is 39.3 Å². The van der Waals surface area contributed by atoms with Gasteiger partial charge < -0.3 is 4.98 Å². The molecule has 0 aliphatic carbocycles. The van der Waals surface area contributed by atoms with E-state index in [1.165, 1.54) is 25.3 Å². The minimum atomic E-state index is -0.588. The van der Waals surface area contributed by atoms with Gasteiger partial charge in [-0.2, -0.15) is 0 Å². The monoisotopic (exact) mass is 347 g/mol. The number of nitro groups is 1. The molecule has 2 aromatic rings. The predicted octanol–water partition coefficient (Wildman–Crippen LogP) is 3.50. The molecule has 0 saturated heterocycles. The van der Waals surface area contributed by atoms with Gasteiger partial charge in [-0.25, -0.2) is 4.98 Å². The maximum Gasteiger partial charge on any atom is 0.301 e. The van der Waals surface area contributed by atoms with E-state index < -0.39 is 10.2 Å². The second kappa shape index (κ2) is 6.96. The number of nitrogens with zero attached hydrogens (tertiary/aromatic N) is 2. The van der Waals surface area contributed by atoms with E-state index in [1.54, 1.807) is 20.8 Å². The number of rotatable bonds is 6. The normalized spacial score (nSPS) is 12.0. The van der Waals surface area contributed by atoms with E-state index in [1.807, 2.05) is 0 Å². The molecular formula is C16H17N3O4S. The summed E-state index contributed by atoms with van der Waals surface area (Å²) in [5.74, 6) is -0.339. The zero-order valence-electron chi connectivity index (χ0n) is 13.7. The van der Waals surface area contributed by atoms with Crippen LogP contribution in [0.15, 0.2) is 23.4 Å². The first kappa shape index (κ1) is 17.9. The molecule has 0 spiro atoms. The molecule has 24 heavy (non-hydrogen) atoms. The zero-order chi connectivity index (χ0) is 18.0. The molecule has 0 fully saturated rings. The van der Waals surface area contributed by atoms with Gasteiger partial charge >= 0.3 is 5.69 Å². The summed E-state index contributed by atoms with van der Waals surface area (Å²) in [5.41, 5.74) is 1.99. The quantitative estimate of drug-likeness (QED) is 0.371. The molecule has 1 N–H and O–H groups in total. The average Bonchev–Trinajstić information content (AvgIpc) is 2.81. The number of aromatic nitrogens is 2. The van der Waals surface area contributed by atoms with E-state index in [-0.39, 0.29) is 22.3 Å². The van der Waals surface area contributed by atoms with Crippen LogP contribution in [0.5, 0.6) is 0 Å². The molecule has 2 aromatic heterocycles. The topological polar surface area (TPSA) is 106 Å². The number of hydrogen-bond donors (Lipinski definition) is 1. The fourth-order valence-corrected chi connectivity index (χ4v) is 3.51. The molecule has 0 aliphatic heterocycles. The SMILES string of the molecule is CC(=O)c1c(C)[nH]c(C(=O)[C@H](C)Sc2ncccc2[N+](=O)[O-])c1C. The Kier molecular flexibility index (Phi) is 5.18. The molecule has 0 radical (unpaired) electrons. The summed E-state index contributed by atoms with van der Waals surface area (Å²) >= 11 is 1.03. The number of H-pyrrole nitrogens is 1. The number of hydrogen-bond acceptors (Lipinski definition) is 6. The summed E-state index contributed by atoms with van der Waals surface area (Å²) < 4.78 is 0. The van der Waals surface area contributed by atoms with Gasteiger partial charge in [0.1, 0.15) is 0 Å². The largest absolute Gasteiger partial charge is 0.355 e. The molecule has 0 unspecified atom stereocenters. The Bertz CT molecular complexity index is 829. The second-order valence-corrected chi connectivity index (χ2v) is 6.72. The van der Waals surface area contributed by atoms with E-state index in [2.05, 4.69) is 9.97 Å². The van der Waals surface area contributed by atoms with E-state index >= 15 is 0 Å². The Morgan fingerprint density at radius 2 is 2.04 bits per heavy atom. The Balaban J connectivity index is 2.30. The summed E-state index contributed by atoms with van der Waals surface area (Å²) in [7, 11) is 0. The summed E-state index contributed by atoms with van der Waals surface area (Å²) in [6, 6.07) is 2.83. The van der Waals surface area contributed by atoms with Crippen molar-refractivity contribution >= 4 is 29.0 Å². The first-order valence-corrected chi connectivity index (χ1v) is 8.12. The molecule has 0 amide bonds. The third-order valence-electron chi connectivity index (χ3n) is 3.64. The van der Waals surface area contributed by atoms with Crippen molar-refractivity contribution in [2.24, 2.45) is 0 Å². The van der Waals surface area contributed by atoms with Crippen molar-refractivity contribution in [2.45, 2.75) is 38.0 Å². The lowest BCUT2D eigenvalue weighted by atomic mass is 10.0. The molecular weight excluding hydrogens is 330 g/mol. The maximum absolute atomic E-state index is 12.7. The summed E-state index contributed by atoms with van der Waals surface area (Å²) in [6.07, 6.45) is 1.45. The van der Waals surface area contributed by atoms with Crippen molar-refractivity contribution in [3.05, 3.63) is 51.0 Å². The van der Waals surface area contributed by atoms with Crippen LogP contribution in [0.2, 0.25) is 0 Å². The summed E-state index contributed by atoms with van der Waals surface area (Å²) in [6.45, 7) is 6.57. The van der Waals surface area contributed by atoms with E-state index in [9.17, 15) is 19.7 Å². The van der Waals surface area contributed by atoms with Crippen molar-refractivity contribution < 1.29 is 14.5 Å². The number of Topliss-reactive ketones (excluding diaryl/α,β-unsaturated/α-hetero) is 2. The first-order valence-electron chi connectivity index (χ1n) is 7.24. The number of nitrogens with one attached hydrogen (secondary N) is 1. The van der Waals surface area contributed by atoms with Crippen LogP contribution in [0.4, 0.5) is 5.69 Å². The van der Waals surface area contributed by atoms with Crippen molar-refractivity contribution in [1.82, 2.24) is 9.97 Å². The number of pyridine rings is 1. The van der Waals surface area contributed by atoms with Crippen LogP contribution in [0.3, 0.4) is 0 Å². The van der Waals surface area contributed by atoms with Gasteiger partial charge in [0, 0.05) is 23.5 Å². The molecule has 126 valence electrons. The van der Waals surface area contributed by atoms with Crippen molar-refractivity contribution in [3.63, 3.8) is 0 Å². The molecule has 2 heterocycles. The minimum absolute atomic E-state index is 0.110. The molecule has 8 heteroatoms. The van der Waals surface area contributed by atoms with Crippen LogP contribution in [-0.4, -0.2) is 31.7 Å². The van der Waals surface area contributed by atoms with Crippen molar-refractivity contribution in [3.8, 4) is 0 Å². The third-order valence-corrected chi connectivity index (χ3v) is 4.75. The van der Waals surface area contributed by atoms with Gasteiger partial charge in [0.2, 0.25) is 0 Å². The van der Waals surface area contributed by atoms with E-state index in [0.29, 0.717) is 22.5 Å². The Labute approximate surface area is 143 Å². The molecule has 7 nitrogen and oxygen atoms in total. The smallest absolute Gasteiger partial charge is 0.301 e.